The average Bonchev–Trinajstić information content (AvgIpc) is 3.07. The molecule has 3 heterocycles. The van der Waals surface area contributed by atoms with E-state index >= 15 is 0 Å². The van der Waals surface area contributed by atoms with Gasteiger partial charge in [0.15, 0.2) is 5.82 Å². The van der Waals surface area contributed by atoms with Crippen LogP contribution >= 0.6 is 13.5 Å². The van der Waals surface area contributed by atoms with E-state index in [0.717, 1.165) is 5.56 Å². The van der Waals surface area contributed by atoms with Gasteiger partial charge in [-0.1, -0.05) is 13.8 Å². The molecule has 0 radical (unpaired) electrons. The molecule has 2 N–H and O–H groups in total. The molecule has 0 aromatic carbocycles. The molecule has 0 saturated heterocycles. The molecule has 0 unspecified atom stereocenters. The van der Waals surface area contributed by atoms with Gasteiger partial charge in [-0.15, -0.1) is 0 Å². The largest absolute Gasteiger partial charge is 0.350 e. The lowest BCUT2D eigenvalue weighted by Gasteiger charge is -2.36. The highest BCUT2D eigenvalue weighted by Crippen LogP contribution is 2.45. The first-order chi connectivity index (χ1) is 13.6. The maximum absolute atomic E-state index is 13.1. The Balaban J connectivity index is 0.00000256. The molecule has 164 valence electrons. The summed E-state index contributed by atoms with van der Waals surface area (Å²) < 4.78 is 27.7. The molecule has 1 atom stereocenters. The SMILES string of the molecule is Cc1nc(NCc2cnn(C3CC(F)(F)C3)c2)nc2c1NC(=O)[C@H](C(C)C)N2C.S. The van der Waals surface area contributed by atoms with Crippen molar-refractivity contribution >= 4 is 36.9 Å². The highest BCUT2D eigenvalue weighted by molar-refractivity contribution is 7.59. The van der Waals surface area contributed by atoms with Gasteiger partial charge in [0.2, 0.25) is 11.9 Å². The molecule has 4 rings (SSSR count). The van der Waals surface area contributed by atoms with E-state index in [1.165, 1.54) is 0 Å². The number of aromatic nitrogens is 4. The van der Waals surface area contributed by atoms with E-state index in [1.54, 1.807) is 17.1 Å². The zero-order valence-electron chi connectivity index (χ0n) is 17.4. The molecule has 1 fully saturated rings. The summed E-state index contributed by atoms with van der Waals surface area (Å²) in [6.07, 6.45) is 3.11. The zero-order chi connectivity index (χ0) is 20.9. The minimum absolute atomic E-state index is 0. The summed E-state index contributed by atoms with van der Waals surface area (Å²) in [5.74, 6) is -1.39. The van der Waals surface area contributed by atoms with Crippen molar-refractivity contribution in [3.8, 4) is 0 Å². The van der Waals surface area contributed by atoms with Gasteiger partial charge in [0, 0.05) is 38.2 Å². The van der Waals surface area contributed by atoms with Crippen LogP contribution in [0.1, 0.15) is 44.0 Å². The third kappa shape index (κ3) is 4.07. The summed E-state index contributed by atoms with van der Waals surface area (Å²) in [5, 5.41) is 10.3. The van der Waals surface area contributed by atoms with E-state index in [4.69, 9.17) is 0 Å². The number of anilines is 3. The maximum Gasteiger partial charge on any atom is 0.252 e. The van der Waals surface area contributed by atoms with Crippen molar-refractivity contribution in [2.24, 2.45) is 5.92 Å². The van der Waals surface area contributed by atoms with Gasteiger partial charge in [0.05, 0.1) is 17.9 Å². The summed E-state index contributed by atoms with van der Waals surface area (Å²) in [4.78, 5) is 23.3. The molecule has 0 bridgehead atoms. The Bertz CT molecular complexity index is 941. The van der Waals surface area contributed by atoms with Gasteiger partial charge in [-0.3, -0.25) is 9.48 Å². The van der Waals surface area contributed by atoms with Crippen molar-refractivity contribution in [3.63, 3.8) is 0 Å². The maximum atomic E-state index is 13.1. The van der Waals surface area contributed by atoms with Crippen LogP contribution < -0.4 is 15.5 Å². The number of aryl methyl sites for hydroxylation is 1. The number of fused-ring (bicyclic) bond motifs is 1. The fourth-order valence-electron chi connectivity index (χ4n) is 3.96. The van der Waals surface area contributed by atoms with E-state index in [9.17, 15) is 13.6 Å². The Morgan fingerprint density at radius 3 is 2.67 bits per heavy atom. The van der Waals surface area contributed by atoms with Crippen molar-refractivity contribution in [1.29, 1.82) is 0 Å². The van der Waals surface area contributed by atoms with Gasteiger partial charge in [-0.25, -0.2) is 13.8 Å². The molecule has 1 aliphatic heterocycles. The molecule has 2 aromatic rings. The van der Waals surface area contributed by atoms with Gasteiger partial charge in [0.1, 0.15) is 11.7 Å². The lowest BCUT2D eigenvalue weighted by Crippen LogP contribution is -2.49. The van der Waals surface area contributed by atoms with Crippen LogP contribution in [0.25, 0.3) is 0 Å². The summed E-state index contributed by atoms with van der Waals surface area (Å²) in [6, 6.07) is -0.547. The second-order valence-electron chi connectivity index (χ2n) is 8.22. The molecule has 8 nitrogen and oxygen atoms in total. The third-order valence-corrected chi connectivity index (χ3v) is 5.52. The zero-order valence-corrected chi connectivity index (χ0v) is 18.4. The van der Waals surface area contributed by atoms with Crippen LogP contribution in [0.3, 0.4) is 0 Å². The summed E-state index contributed by atoms with van der Waals surface area (Å²) in [7, 11) is 1.86. The van der Waals surface area contributed by atoms with E-state index in [1.807, 2.05) is 32.7 Å². The molecular formula is C19H27F2N7OS. The first-order valence-corrected chi connectivity index (χ1v) is 9.71. The summed E-state index contributed by atoms with van der Waals surface area (Å²) in [5.41, 5.74) is 2.16. The first kappa shape index (κ1) is 22.3. The molecule has 2 aliphatic rings. The van der Waals surface area contributed by atoms with E-state index in [0.29, 0.717) is 29.7 Å². The van der Waals surface area contributed by atoms with Crippen molar-refractivity contribution in [2.75, 3.05) is 22.6 Å². The van der Waals surface area contributed by atoms with Crippen LogP contribution in [-0.4, -0.2) is 44.7 Å². The number of hydrogen-bond acceptors (Lipinski definition) is 6. The summed E-state index contributed by atoms with van der Waals surface area (Å²) in [6.45, 7) is 6.23. The average molecular weight is 440 g/mol. The number of hydrogen-bond donors (Lipinski definition) is 2. The predicted octanol–water partition coefficient (Wildman–Crippen LogP) is 3.09. The molecule has 0 spiro atoms. The van der Waals surface area contributed by atoms with Gasteiger partial charge >= 0.3 is 0 Å². The van der Waals surface area contributed by atoms with Crippen LogP contribution in [0, 0.1) is 12.8 Å². The van der Waals surface area contributed by atoms with Crippen molar-refractivity contribution in [2.45, 2.75) is 58.2 Å². The van der Waals surface area contributed by atoms with Crippen LogP contribution in [-0.2, 0) is 11.3 Å². The second-order valence-corrected chi connectivity index (χ2v) is 8.22. The van der Waals surface area contributed by atoms with Gasteiger partial charge < -0.3 is 15.5 Å². The number of carbonyl (C=O) groups excluding carboxylic acids is 1. The fraction of sp³-hybridized carbons (Fsp3) is 0.579. The van der Waals surface area contributed by atoms with Crippen LogP contribution in [0.2, 0.25) is 0 Å². The Hall–Kier alpha value is -2.43. The summed E-state index contributed by atoms with van der Waals surface area (Å²) >= 11 is 0. The number of rotatable bonds is 5. The minimum Gasteiger partial charge on any atom is -0.350 e. The van der Waals surface area contributed by atoms with Crippen LogP contribution in [0.5, 0.6) is 0 Å². The van der Waals surface area contributed by atoms with E-state index in [2.05, 4.69) is 25.7 Å². The Morgan fingerprint density at radius 2 is 2.03 bits per heavy atom. The van der Waals surface area contributed by atoms with Crippen LogP contribution in [0.4, 0.5) is 26.2 Å². The number of halogens is 2. The third-order valence-electron chi connectivity index (χ3n) is 5.52. The predicted molar refractivity (Wildman–Crippen MR) is 116 cm³/mol. The van der Waals surface area contributed by atoms with Crippen molar-refractivity contribution in [3.05, 3.63) is 23.7 Å². The number of carbonyl (C=O) groups is 1. The van der Waals surface area contributed by atoms with E-state index in [-0.39, 0.29) is 50.2 Å². The monoisotopic (exact) mass is 439 g/mol. The van der Waals surface area contributed by atoms with Gasteiger partial charge in [0.25, 0.3) is 5.92 Å². The number of likely N-dealkylation sites (N-methyl/N-ethyl adjacent to an activating group) is 1. The first-order valence-electron chi connectivity index (χ1n) is 9.71. The number of alkyl halides is 2. The molecule has 1 aliphatic carbocycles. The number of amides is 1. The molecule has 1 saturated carbocycles. The Labute approximate surface area is 180 Å². The van der Waals surface area contributed by atoms with Crippen molar-refractivity contribution < 1.29 is 13.6 Å². The lowest BCUT2D eigenvalue weighted by atomic mass is 9.88. The molecular weight excluding hydrogens is 412 g/mol. The Morgan fingerprint density at radius 1 is 1.33 bits per heavy atom. The highest BCUT2D eigenvalue weighted by Gasteiger charge is 2.46. The van der Waals surface area contributed by atoms with E-state index < -0.39 is 5.92 Å². The second kappa shape index (κ2) is 8.01. The number of nitrogens with one attached hydrogen (secondary N) is 2. The Kier molecular flexibility index (Phi) is 5.94. The van der Waals surface area contributed by atoms with Crippen LogP contribution in [0.15, 0.2) is 12.4 Å². The number of nitrogens with zero attached hydrogens (tertiary/aromatic N) is 5. The van der Waals surface area contributed by atoms with Gasteiger partial charge in [-0.2, -0.15) is 23.6 Å². The lowest BCUT2D eigenvalue weighted by molar-refractivity contribution is -0.118. The smallest absolute Gasteiger partial charge is 0.252 e. The minimum atomic E-state index is -2.57. The van der Waals surface area contributed by atoms with Crippen molar-refractivity contribution in [1.82, 2.24) is 19.7 Å². The fourth-order valence-corrected chi connectivity index (χ4v) is 3.96. The topological polar surface area (TPSA) is 88.0 Å². The molecule has 1 amide bonds. The highest BCUT2D eigenvalue weighted by atomic mass is 32.1. The molecule has 2 aromatic heterocycles. The standard InChI is InChI=1S/C19H25F2N7O.H2S/c1-10(2)15-17(29)25-14-11(3)24-18(26-16(14)27(15)4)22-7-12-8-23-28(9-12)13-5-19(20,21)6-13;/h8-10,13,15H,5-7H2,1-4H3,(H,25,29)(H,22,24,26);1H2/t15-;/m0./s1. The molecule has 11 heteroatoms. The van der Waals surface area contributed by atoms with Gasteiger partial charge in [-0.05, 0) is 12.8 Å². The normalized spacial score (nSPS) is 20.3. The molecule has 30 heavy (non-hydrogen) atoms. The quantitative estimate of drug-likeness (QED) is 0.745.